The summed E-state index contributed by atoms with van der Waals surface area (Å²) in [5.74, 6) is -0.411. The van der Waals surface area contributed by atoms with Crippen LogP contribution in [0.4, 0.5) is 17.1 Å². The Kier molecular flexibility index (Phi) is 7.12. The summed E-state index contributed by atoms with van der Waals surface area (Å²) in [4.78, 5) is 29.2. The SMILES string of the molecule is CC(=O)Nc1cc(N2CCc3cc(-c4ccc(C(C)(C)C)cc4N4CCO[C@@H](C)C4)ccc3C2=O)ccc1O. The lowest BCUT2D eigenvalue weighted by molar-refractivity contribution is -0.114. The predicted molar refractivity (Wildman–Crippen MR) is 156 cm³/mol. The van der Waals surface area contributed by atoms with Crippen LogP contribution in [0.25, 0.3) is 11.1 Å². The molecular formula is C32H37N3O4. The third-order valence-electron chi connectivity index (χ3n) is 7.54. The molecule has 2 N–H and O–H groups in total. The van der Waals surface area contributed by atoms with Crippen molar-refractivity contribution in [2.24, 2.45) is 0 Å². The van der Waals surface area contributed by atoms with Crippen LogP contribution in [0.3, 0.4) is 0 Å². The van der Waals surface area contributed by atoms with Gasteiger partial charge in [0.15, 0.2) is 0 Å². The largest absolute Gasteiger partial charge is 0.506 e. The van der Waals surface area contributed by atoms with Crippen molar-refractivity contribution in [3.8, 4) is 16.9 Å². The van der Waals surface area contributed by atoms with Crippen LogP contribution >= 0.6 is 0 Å². The zero-order valence-electron chi connectivity index (χ0n) is 23.4. The second-order valence-corrected chi connectivity index (χ2v) is 11.6. The van der Waals surface area contributed by atoms with Crippen molar-refractivity contribution in [1.29, 1.82) is 0 Å². The van der Waals surface area contributed by atoms with Crippen LogP contribution in [0.2, 0.25) is 0 Å². The molecule has 2 aliphatic rings. The standard InChI is InChI=1S/C32H37N3O4/c1-20-19-34(14-15-39-20)29-17-24(32(3,4)5)7-10-26(29)22-6-9-27-23(16-22)12-13-35(31(27)38)25-8-11-30(37)28(18-25)33-21(2)36/h6-11,16-18,20,37H,12-15,19H2,1-5H3,(H,33,36)/t20-/m0/s1. The number of hydrogen-bond acceptors (Lipinski definition) is 5. The maximum Gasteiger partial charge on any atom is 0.258 e. The Morgan fingerprint density at radius 2 is 1.79 bits per heavy atom. The van der Waals surface area contributed by atoms with Crippen LogP contribution in [0.5, 0.6) is 5.75 Å². The molecule has 2 aliphatic heterocycles. The minimum Gasteiger partial charge on any atom is -0.506 e. The first kappa shape index (κ1) is 26.8. The molecule has 39 heavy (non-hydrogen) atoms. The molecule has 7 heteroatoms. The van der Waals surface area contributed by atoms with Crippen molar-refractivity contribution >= 4 is 28.9 Å². The first-order valence-corrected chi connectivity index (χ1v) is 13.6. The van der Waals surface area contributed by atoms with Gasteiger partial charge in [-0.15, -0.1) is 0 Å². The molecule has 7 nitrogen and oxygen atoms in total. The number of ether oxygens (including phenoxy) is 1. The monoisotopic (exact) mass is 527 g/mol. The molecule has 0 radical (unpaired) electrons. The highest BCUT2D eigenvalue weighted by atomic mass is 16.5. The number of carbonyl (C=O) groups is 2. The summed E-state index contributed by atoms with van der Waals surface area (Å²) >= 11 is 0. The number of phenols is 1. The summed E-state index contributed by atoms with van der Waals surface area (Å²) in [6, 6.07) is 17.7. The van der Waals surface area contributed by atoms with Gasteiger partial charge in [-0.1, -0.05) is 45.0 Å². The van der Waals surface area contributed by atoms with E-state index in [1.54, 1.807) is 17.0 Å². The molecule has 2 amide bonds. The number of amides is 2. The molecule has 1 atom stereocenters. The van der Waals surface area contributed by atoms with Gasteiger partial charge in [0.1, 0.15) is 5.75 Å². The van der Waals surface area contributed by atoms with Crippen LogP contribution in [-0.4, -0.2) is 49.3 Å². The average molecular weight is 528 g/mol. The quantitative estimate of drug-likeness (QED) is 0.423. The maximum absolute atomic E-state index is 13.5. The predicted octanol–water partition coefficient (Wildman–Crippen LogP) is 5.74. The summed E-state index contributed by atoms with van der Waals surface area (Å²) in [5.41, 5.74) is 7.41. The lowest BCUT2D eigenvalue weighted by Gasteiger charge is -2.35. The van der Waals surface area contributed by atoms with Crippen LogP contribution in [0.15, 0.2) is 54.6 Å². The van der Waals surface area contributed by atoms with Crippen molar-refractivity contribution in [3.63, 3.8) is 0 Å². The number of carbonyl (C=O) groups excluding carboxylic acids is 2. The first-order valence-electron chi connectivity index (χ1n) is 13.6. The summed E-state index contributed by atoms with van der Waals surface area (Å²) < 4.78 is 5.82. The van der Waals surface area contributed by atoms with Crippen molar-refractivity contribution in [2.75, 3.05) is 41.4 Å². The summed E-state index contributed by atoms with van der Waals surface area (Å²) in [6.45, 7) is 13.1. The zero-order valence-corrected chi connectivity index (χ0v) is 23.4. The highest BCUT2D eigenvalue weighted by Gasteiger charge is 2.28. The summed E-state index contributed by atoms with van der Waals surface area (Å²) in [7, 11) is 0. The van der Waals surface area contributed by atoms with E-state index in [4.69, 9.17) is 4.74 Å². The molecule has 0 spiro atoms. The van der Waals surface area contributed by atoms with Gasteiger partial charge in [-0.25, -0.2) is 0 Å². The van der Waals surface area contributed by atoms with Gasteiger partial charge in [-0.05, 0) is 65.8 Å². The topological polar surface area (TPSA) is 82.1 Å². The van der Waals surface area contributed by atoms with Gasteiger partial charge in [-0.2, -0.15) is 0 Å². The summed E-state index contributed by atoms with van der Waals surface area (Å²) in [5, 5.41) is 12.7. The molecule has 0 aliphatic carbocycles. The molecular weight excluding hydrogens is 490 g/mol. The molecule has 3 aromatic carbocycles. The highest BCUT2D eigenvalue weighted by molar-refractivity contribution is 6.09. The average Bonchev–Trinajstić information content (AvgIpc) is 2.89. The fourth-order valence-corrected chi connectivity index (χ4v) is 5.43. The van der Waals surface area contributed by atoms with Gasteiger partial charge >= 0.3 is 0 Å². The number of benzene rings is 3. The number of rotatable bonds is 4. The van der Waals surface area contributed by atoms with Crippen LogP contribution in [-0.2, 0) is 21.4 Å². The van der Waals surface area contributed by atoms with E-state index in [2.05, 4.69) is 62.2 Å². The number of anilines is 3. The molecule has 0 bridgehead atoms. The lowest BCUT2D eigenvalue weighted by Crippen LogP contribution is -2.41. The van der Waals surface area contributed by atoms with E-state index in [0.29, 0.717) is 30.8 Å². The molecule has 0 unspecified atom stereocenters. The van der Waals surface area contributed by atoms with Crippen LogP contribution in [0.1, 0.15) is 56.1 Å². The van der Waals surface area contributed by atoms with E-state index in [1.165, 1.54) is 24.2 Å². The smallest absolute Gasteiger partial charge is 0.258 e. The Morgan fingerprint density at radius 1 is 1.03 bits per heavy atom. The molecule has 2 heterocycles. The number of fused-ring (bicyclic) bond motifs is 1. The Bertz CT molecular complexity index is 1430. The molecule has 5 rings (SSSR count). The number of nitrogens with zero attached hydrogens (tertiary/aromatic N) is 2. The second-order valence-electron chi connectivity index (χ2n) is 11.6. The Morgan fingerprint density at radius 3 is 2.51 bits per heavy atom. The van der Waals surface area contributed by atoms with Gasteiger partial charge in [-0.3, -0.25) is 9.59 Å². The number of hydrogen-bond donors (Lipinski definition) is 2. The minimum atomic E-state index is -0.285. The van der Waals surface area contributed by atoms with Gasteiger partial charge in [0.25, 0.3) is 5.91 Å². The molecule has 0 saturated carbocycles. The third-order valence-corrected chi connectivity index (χ3v) is 7.54. The highest BCUT2D eigenvalue weighted by Crippen LogP contribution is 2.38. The molecule has 3 aromatic rings. The fraction of sp³-hybridized carbons (Fsp3) is 0.375. The van der Waals surface area contributed by atoms with Crippen LogP contribution in [0, 0.1) is 0 Å². The number of nitrogens with one attached hydrogen (secondary N) is 1. The van der Waals surface area contributed by atoms with Crippen molar-refractivity contribution in [1.82, 2.24) is 0 Å². The Hall–Kier alpha value is -3.84. The van der Waals surface area contributed by atoms with E-state index >= 15 is 0 Å². The number of phenolic OH excluding ortho intramolecular Hbond substituents is 1. The van der Waals surface area contributed by atoms with Crippen molar-refractivity contribution in [3.05, 3.63) is 71.3 Å². The van der Waals surface area contributed by atoms with E-state index < -0.39 is 0 Å². The fourth-order valence-electron chi connectivity index (χ4n) is 5.43. The normalized spacial score (nSPS) is 17.7. The van der Waals surface area contributed by atoms with E-state index in [0.717, 1.165) is 29.8 Å². The number of aromatic hydroxyl groups is 1. The minimum absolute atomic E-state index is 0.0327. The van der Waals surface area contributed by atoms with E-state index in [-0.39, 0.29) is 34.8 Å². The third kappa shape index (κ3) is 5.50. The van der Waals surface area contributed by atoms with Crippen molar-refractivity contribution in [2.45, 2.75) is 52.6 Å². The van der Waals surface area contributed by atoms with E-state index in [1.807, 2.05) is 12.1 Å². The van der Waals surface area contributed by atoms with Gasteiger partial charge in [0.05, 0.1) is 18.4 Å². The molecule has 1 saturated heterocycles. The van der Waals surface area contributed by atoms with Crippen molar-refractivity contribution < 1.29 is 19.4 Å². The van der Waals surface area contributed by atoms with E-state index in [9.17, 15) is 14.7 Å². The molecule has 1 fully saturated rings. The van der Waals surface area contributed by atoms with Crippen LogP contribution < -0.4 is 15.1 Å². The molecule has 204 valence electrons. The van der Waals surface area contributed by atoms with Gasteiger partial charge < -0.3 is 25.0 Å². The second kappa shape index (κ2) is 10.4. The van der Waals surface area contributed by atoms with Gasteiger partial charge in [0.2, 0.25) is 5.91 Å². The maximum atomic E-state index is 13.5. The summed E-state index contributed by atoms with van der Waals surface area (Å²) in [6.07, 6.45) is 0.873. The Labute approximate surface area is 230 Å². The lowest BCUT2D eigenvalue weighted by atomic mass is 9.84. The number of morpholine rings is 1. The Balaban J connectivity index is 1.48. The first-order chi connectivity index (χ1) is 18.5. The molecule has 0 aromatic heterocycles. The zero-order chi connectivity index (χ0) is 27.9. The van der Waals surface area contributed by atoms with Gasteiger partial charge in [0, 0.05) is 49.1 Å².